The Morgan fingerprint density at radius 2 is 1.84 bits per heavy atom. The lowest BCUT2D eigenvalue weighted by Gasteiger charge is -2.43. The molecule has 1 unspecified atom stereocenters. The van der Waals surface area contributed by atoms with Gasteiger partial charge in [-0.25, -0.2) is 9.69 Å². The summed E-state index contributed by atoms with van der Waals surface area (Å²) >= 11 is 0. The molecular weight excluding hydrogens is 478 g/mol. The van der Waals surface area contributed by atoms with Gasteiger partial charge >= 0.3 is 6.03 Å². The van der Waals surface area contributed by atoms with Gasteiger partial charge in [-0.05, 0) is 49.7 Å². The molecule has 0 aromatic heterocycles. The van der Waals surface area contributed by atoms with Gasteiger partial charge in [0.2, 0.25) is 5.91 Å². The molecule has 5 rings (SSSR count). The number of nitrogens with zero attached hydrogens (tertiary/aromatic N) is 3. The van der Waals surface area contributed by atoms with Gasteiger partial charge in [0.25, 0.3) is 0 Å². The summed E-state index contributed by atoms with van der Waals surface area (Å²) in [5.41, 5.74) is 1.54. The van der Waals surface area contributed by atoms with Crippen LogP contribution in [0, 0.1) is 11.3 Å². The molecule has 3 saturated heterocycles. The van der Waals surface area contributed by atoms with Gasteiger partial charge in [0.1, 0.15) is 24.1 Å². The van der Waals surface area contributed by atoms with Crippen LogP contribution in [0.4, 0.5) is 10.5 Å². The zero-order valence-electron chi connectivity index (χ0n) is 21.1. The lowest BCUT2D eigenvalue weighted by atomic mass is 9.95. The van der Waals surface area contributed by atoms with E-state index < -0.39 is 48.4 Å². The number of benzene rings is 2. The zero-order chi connectivity index (χ0) is 26.3. The van der Waals surface area contributed by atoms with E-state index in [9.17, 15) is 14.9 Å². The number of hydrogen-bond donors (Lipinski definition) is 0. The molecule has 194 valence electrons. The summed E-state index contributed by atoms with van der Waals surface area (Å²) in [4.78, 5) is 30.1. The largest absolute Gasteiger partial charge is 0.497 e. The maximum Gasteiger partial charge on any atom is 0.332 e. The summed E-state index contributed by atoms with van der Waals surface area (Å²) in [5, 5.41) is 9.33. The SMILES string of the molecule is COc1ccc(CN2C(=O)N(c3cccc(C#N)c3)C(=O)CC2[C@H]2O[C@@H]3OC(C)(C)O[C@@H]3[C@H]2OC)cc1. The fourth-order valence-electron chi connectivity index (χ4n) is 5.21. The predicted octanol–water partition coefficient (Wildman–Crippen LogP) is 3.19. The number of urea groups is 1. The molecule has 3 fully saturated rings. The van der Waals surface area contributed by atoms with Gasteiger partial charge in [0.15, 0.2) is 12.1 Å². The Hall–Kier alpha value is -3.49. The molecule has 5 atom stereocenters. The van der Waals surface area contributed by atoms with E-state index in [0.717, 1.165) is 10.5 Å². The Balaban J connectivity index is 1.49. The average molecular weight is 508 g/mol. The fraction of sp³-hybridized carbons (Fsp3) is 0.444. The number of methoxy groups -OCH3 is 2. The molecule has 0 N–H and O–H groups in total. The number of hydrogen-bond acceptors (Lipinski definition) is 8. The Bertz CT molecular complexity index is 1230. The van der Waals surface area contributed by atoms with Crippen LogP contribution in [0.15, 0.2) is 48.5 Å². The summed E-state index contributed by atoms with van der Waals surface area (Å²) in [5.74, 6) is -0.534. The van der Waals surface area contributed by atoms with Crippen molar-refractivity contribution < 1.29 is 33.3 Å². The molecule has 10 heteroatoms. The first-order chi connectivity index (χ1) is 17.7. The molecule has 0 spiro atoms. The molecule has 0 bridgehead atoms. The van der Waals surface area contributed by atoms with Gasteiger partial charge in [-0.2, -0.15) is 5.26 Å². The van der Waals surface area contributed by atoms with E-state index in [1.807, 2.05) is 24.3 Å². The first kappa shape index (κ1) is 25.2. The van der Waals surface area contributed by atoms with Crippen LogP contribution in [0.1, 0.15) is 31.4 Å². The second kappa shape index (κ2) is 9.76. The fourth-order valence-corrected chi connectivity index (χ4v) is 5.21. The van der Waals surface area contributed by atoms with E-state index in [1.54, 1.807) is 51.2 Å². The first-order valence-corrected chi connectivity index (χ1v) is 12.0. The lowest BCUT2D eigenvalue weighted by Crippen LogP contribution is -2.62. The van der Waals surface area contributed by atoms with Crippen molar-refractivity contribution >= 4 is 17.6 Å². The minimum atomic E-state index is -0.833. The van der Waals surface area contributed by atoms with Crippen LogP contribution in [-0.4, -0.2) is 67.5 Å². The third-order valence-electron chi connectivity index (χ3n) is 6.89. The topological polar surface area (TPSA) is 111 Å². The Morgan fingerprint density at radius 1 is 1.08 bits per heavy atom. The van der Waals surface area contributed by atoms with E-state index in [4.69, 9.17) is 23.7 Å². The van der Waals surface area contributed by atoms with Crippen LogP contribution in [0.2, 0.25) is 0 Å². The summed E-state index contributed by atoms with van der Waals surface area (Å²) in [6, 6.07) is 14.7. The van der Waals surface area contributed by atoms with Crippen LogP contribution in [0.3, 0.4) is 0 Å². The number of fused-ring (bicyclic) bond motifs is 1. The highest BCUT2D eigenvalue weighted by molar-refractivity contribution is 6.16. The van der Waals surface area contributed by atoms with Crippen LogP contribution < -0.4 is 9.64 Å². The molecule has 3 aliphatic heterocycles. The van der Waals surface area contributed by atoms with Crippen molar-refractivity contribution in [3.63, 3.8) is 0 Å². The third kappa shape index (κ3) is 4.67. The maximum absolute atomic E-state index is 13.9. The Morgan fingerprint density at radius 3 is 2.51 bits per heavy atom. The number of carbonyl (C=O) groups is 2. The van der Waals surface area contributed by atoms with Gasteiger partial charge < -0.3 is 28.6 Å². The van der Waals surface area contributed by atoms with Crippen molar-refractivity contribution in [1.82, 2.24) is 4.90 Å². The third-order valence-corrected chi connectivity index (χ3v) is 6.89. The van der Waals surface area contributed by atoms with E-state index in [-0.39, 0.29) is 13.0 Å². The molecule has 3 amide bonds. The normalized spacial score (nSPS) is 28.8. The Labute approximate surface area is 215 Å². The molecule has 0 aliphatic carbocycles. The van der Waals surface area contributed by atoms with Crippen LogP contribution in [0.25, 0.3) is 0 Å². The number of nitriles is 1. The molecule has 0 radical (unpaired) electrons. The van der Waals surface area contributed by atoms with Crippen LogP contribution in [0.5, 0.6) is 5.75 Å². The standard InChI is InChI=1S/C27H29N3O7/c1-27(2)36-24-23(34-4)22(35-25(24)37-27)20-13-21(31)30(18-7-5-6-17(12-18)14-28)26(32)29(20)15-16-8-10-19(33-3)11-9-16/h5-12,20,22-25H,13,15H2,1-4H3/t20?,22-,23+,24-,25-/m1/s1. The number of anilines is 1. The summed E-state index contributed by atoms with van der Waals surface area (Å²) in [6.07, 6.45) is -2.39. The zero-order valence-corrected chi connectivity index (χ0v) is 21.1. The molecule has 3 aliphatic rings. The molecule has 3 heterocycles. The van der Waals surface area contributed by atoms with Crippen molar-refractivity contribution in [2.75, 3.05) is 19.1 Å². The smallest absolute Gasteiger partial charge is 0.332 e. The van der Waals surface area contributed by atoms with E-state index in [1.165, 1.54) is 6.07 Å². The highest BCUT2D eigenvalue weighted by atomic mass is 16.8. The number of ether oxygens (including phenoxy) is 5. The van der Waals surface area contributed by atoms with E-state index >= 15 is 0 Å². The highest BCUT2D eigenvalue weighted by Crippen LogP contribution is 2.42. The van der Waals surface area contributed by atoms with Crippen molar-refractivity contribution in [2.24, 2.45) is 0 Å². The number of carbonyl (C=O) groups excluding carboxylic acids is 2. The highest BCUT2D eigenvalue weighted by Gasteiger charge is 2.59. The number of imide groups is 1. The molecular formula is C27H29N3O7. The predicted molar refractivity (Wildman–Crippen MR) is 130 cm³/mol. The quantitative estimate of drug-likeness (QED) is 0.586. The van der Waals surface area contributed by atoms with E-state index in [2.05, 4.69) is 6.07 Å². The van der Waals surface area contributed by atoms with Crippen molar-refractivity contribution in [2.45, 2.75) is 63.2 Å². The summed E-state index contributed by atoms with van der Waals surface area (Å²) in [7, 11) is 3.14. The van der Waals surface area contributed by atoms with Crippen molar-refractivity contribution in [1.29, 1.82) is 5.26 Å². The van der Waals surface area contributed by atoms with Crippen LogP contribution in [-0.2, 0) is 30.3 Å². The van der Waals surface area contributed by atoms with Gasteiger partial charge in [-0.1, -0.05) is 18.2 Å². The van der Waals surface area contributed by atoms with Gasteiger partial charge in [-0.3, -0.25) is 4.79 Å². The summed E-state index contributed by atoms with van der Waals surface area (Å²) in [6.45, 7) is 3.81. The minimum absolute atomic E-state index is 0.00790. The van der Waals surface area contributed by atoms with Gasteiger partial charge in [0, 0.05) is 13.7 Å². The number of rotatable bonds is 6. The van der Waals surface area contributed by atoms with Crippen molar-refractivity contribution in [3.05, 3.63) is 59.7 Å². The molecule has 10 nitrogen and oxygen atoms in total. The average Bonchev–Trinajstić information content (AvgIpc) is 3.37. The van der Waals surface area contributed by atoms with Gasteiger partial charge in [0.05, 0.1) is 36.9 Å². The maximum atomic E-state index is 13.9. The van der Waals surface area contributed by atoms with Crippen LogP contribution >= 0.6 is 0 Å². The van der Waals surface area contributed by atoms with E-state index in [0.29, 0.717) is 17.0 Å². The monoisotopic (exact) mass is 507 g/mol. The molecule has 2 aromatic carbocycles. The molecule has 37 heavy (non-hydrogen) atoms. The second-order valence-electron chi connectivity index (χ2n) is 9.69. The first-order valence-electron chi connectivity index (χ1n) is 12.0. The molecule has 0 saturated carbocycles. The minimum Gasteiger partial charge on any atom is -0.497 e. The van der Waals surface area contributed by atoms with Gasteiger partial charge in [-0.15, -0.1) is 0 Å². The second-order valence-corrected chi connectivity index (χ2v) is 9.69. The number of amides is 3. The lowest BCUT2D eigenvalue weighted by molar-refractivity contribution is -0.223. The Kier molecular flexibility index (Phi) is 6.64. The van der Waals surface area contributed by atoms with Crippen molar-refractivity contribution in [3.8, 4) is 11.8 Å². The summed E-state index contributed by atoms with van der Waals surface area (Å²) < 4.78 is 29.2. The molecule has 2 aromatic rings.